The molecule has 28 heavy (non-hydrogen) atoms. The second kappa shape index (κ2) is 7.58. The molecule has 0 N–H and O–H groups in total. The van der Waals surface area contributed by atoms with Gasteiger partial charge in [0.15, 0.2) is 0 Å². The van der Waals surface area contributed by atoms with Crippen LogP contribution in [0.5, 0.6) is 11.5 Å². The van der Waals surface area contributed by atoms with E-state index in [2.05, 4.69) is 15.9 Å². The molecule has 1 aromatic heterocycles. The molecule has 2 aromatic carbocycles. The zero-order chi connectivity index (χ0) is 18.9. The van der Waals surface area contributed by atoms with Gasteiger partial charge < -0.3 is 18.9 Å². The van der Waals surface area contributed by atoms with Gasteiger partial charge in [-0.3, -0.25) is 0 Å². The number of hydrogen-bond acceptors (Lipinski definition) is 5. The van der Waals surface area contributed by atoms with Crippen LogP contribution in [0, 0.1) is 0 Å². The highest BCUT2D eigenvalue weighted by Crippen LogP contribution is 2.29. The summed E-state index contributed by atoms with van der Waals surface area (Å²) in [7, 11) is 0. The average Bonchev–Trinajstić information content (AvgIpc) is 3.65. The molecule has 7 heteroatoms. The fraction of sp³-hybridized carbons (Fsp3) is 0.286. The summed E-state index contributed by atoms with van der Waals surface area (Å²) in [5.41, 5.74) is 2.90. The van der Waals surface area contributed by atoms with E-state index in [1.54, 1.807) is 0 Å². The van der Waals surface area contributed by atoms with Crippen LogP contribution < -0.4 is 9.47 Å². The van der Waals surface area contributed by atoms with Crippen molar-refractivity contribution < 1.29 is 18.9 Å². The lowest BCUT2D eigenvalue weighted by Gasteiger charge is -2.09. The summed E-state index contributed by atoms with van der Waals surface area (Å²) < 4.78 is 24.5. The van der Waals surface area contributed by atoms with Crippen molar-refractivity contribution in [2.45, 2.75) is 12.2 Å². The standard InChI is InChI=1S/C21H19BrN2O4/c22-19-9-15(3-6-21(19)28-13-18-12-27-18)24-8-7-20(23-24)14-1-4-16(5-2-14)25-10-17-11-26-17/h1-9,17-18H,10-13H2. The highest BCUT2D eigenvalue weighted by Gasteiger charge is 2.24. The van der Waals surface area contributed by atoms with E-state index in [1.807, 2.05) is 59.4 Å². The number of hydrogen-bond donors (Lipinski definition) is 0. The van der Waals surface area contributed by atoms with Crippen molar-refractivity contribution in [3.05, 3.63) is 59.2 Å². The molecule has 2 aliphatic heterocycles. The summed E-state index contributed by atoms with van der Waals surface area (Å²) in [4.78, 5) is 0. The molecular formula is C21H19BrN2O4. The minimum absolute atomic E-state index is 0.235. The summed E-state index contributed by atoms with van der Waals surface area (Å²) in [6.07, 6.45) is 2.44. The maximum atomic E-state index is 5.75. The van der Waals surface area contributed by atoms with Gasteiger partial charge in [0.05, 0.1) is 29.1 Å². The Hall–Kier alpha value is -2.35. The summed E-state index contributed by atoms with van der Waals surface area (Å²) >= 11 is 3.57. The lowest BCUT2D eigenvalue weighted by Crippen LogP contribution is -2.05. The Morgan fingerprint density at radius 3 is 2.36 bits per heavy atom. The third-order valence-electron chi connectivity index (χ3n) is 4.58. The molecule has 3 heterocycles. The highest BCUT2D eigenvalue weighted by molar-refractivity contribution is 9.10. The number of epoxide rings is 2. The van der Waals surface area contributed by atoms with Gasteiger partial charge in [0.25, 0.3) is 0 Å². The van der Waals surface area contributed by atoms with Crippen molar-refractivity contribution in [2.75, 3.05) is 26.4 Å². The molecule has 0 saturated carbocycles. The van der Waals surface area contributed by atoms with Crippen LogP contribution in [0.4, 0.5) is 0 Å². The minimum Gasteiger partial charge on any atom is -0.491 e. The Labute approximate surface area is 171 Å². The SMILES string of the molecule is Brc1cc(-n2ccc(-c3ccc(OCC4CO4)cc3)n2)ccc1OCC1CO1. The van der Waals surface area contributed by atoms with E-state index in [0.29, 0.717) is 13.2 Å². The highest BCUT2D eigenvalue weighted by atomic mass is 79.9. The van der Waals surface area contributed by atoms with E-state index in [9.17, 15) is 0 Å². The predicted molar refractivity (Wildman–Crippen MR) is 107 cm³/mol. The third-order valence-corrected chi connectivity index (χ3v) is 5.20. The van der Waals surface area contributed by atoms with Gasteiger partial charge in [0.1, 0.15) is 36.9 Å². The molecule has 2 atom stereocenters. The fourth-order valence-corrected chi connectivity index (χ4v) is 3.27. The summed E-state index contributed by atoms with van der Waals surface area (Å²) in [6, 6.07) is 15.9. The van der Waals surface area contributed by atoms with Crippen LogP contribution in [0.25, 0.3) is 16.9 Å². The van der Waals surface area contributed by atoms with Gasteiger partial charge >= 0.3 is 0 Å². The minimum atomic E-state index is 0.235. The molecule has 2 fully saturated rings. The number of halogens is 1. The molecule has 0 bridgehead atoms. The quantitative estimate of drug-likeness (QED) is 0.495. The van der Waals surface area contributed by atoms with Gasteiger partial charge in [-0.05, 0) is 64.5 Å². The van der Waals surface area contributed by atoms with E-state index in [1.165, 1.54) is 0 Å². The monoisotopic (exact) mass is 442 g/mol. The third kappa shape index (κ3) is 4.22. The van der Waals surface area contributed by atoms with Crippen LogP contribution in [0.3, 0.4) is 0 Å². The maximum absolute atomic E-state index is 5.75. The van der Waals surface area contributed by atoms with Gasteiger partial charge in [-0.1, -0.05) is 0 Å². The van der Waals surface area contributed by atoms with E-state index in [0.717, 1.165) is 46.1 Å². The second-order valence-corrected chi connectivity index (χ2v) is 7.67. The smallest absolute Gasteiger partial charge is 0.133 e. The zero-order valence-electron chi connectivity index (χ0n) is 15.1. The summed E-state index contributed by atoms with van der Waals surface area (Å²) in [5, 5.41) is 4.69. The maximum Gasteiger partial charge on any atom is 0.133 e. The first kappa shape index (κ1) is 17.7. The summed E-state index contributed by atoms with van der Waals surface area (Å²) in [5.74, 6) is 1.65. The van der Waals surface area contributed by atoms with Gasteiger partial charge in [0.2, 0.25) is 0 Å². The van der Waals surface area contributed by atoms with Crippen molar-refractivity contribution in [1.29, 1.82) is 0 Å². The average molecular weight is 443 g/mol. The molecule has 2 saturated heterocycles. The van der Waals surface area contributed by atoms with Crippen LogP contribution in [-0.2, 0) is 9.47 Å². The van der Waals surface area contributed by atoms with Crippen molar-refractivity contribution >= 4 is 15.9 Å². The zero-order valence-corrected chi connectivity index (χ0v) is 16.7. The Morgan fingerprint density at radius 1 is 0.964 bits per heavy atom. The van der Waals surface area contributed by atoms with Crippen LogP contribution in [-0.4, -0.2) is 48.4 Å². The van der Waals surface area contributed by atoms with Crippen LogP contribution in [0.1, 0.15) is 0 Å². The number of benzene rings is 2. The second-order valence-electron chi connectivity index (χ2n) is 6.82. The molecule has 2 aliphatic rings. The first-order valence-corrected chi connectivity index (χ1v) is 9.99. The van der Waals surface area contributed by atoms with Crippen LogP contribution in [0.2, 0.25) is 0 Å². The van der Waals surface area contributed by atoms with Gasteiger partial charge in [-0.15, -0.1) is 0 Å². The number of ether oxygens (including phenoxy) is 4. The first-order valence-electron chi connectivity index (χ1n) is 9.19. The molecule has 144 valence electrons. The topological polar surface area (TPSA) is 61.3 Å². The van der Waals surface area contributed by atoms with Gasteiger partial charge in [-0.2, -0.15) is 5.10 Å². The lowest BCUT2D eigenvalue weighted by atomic mass is 10.1. The normalized spacial score (nSPS) is 20.0. The van der Waals surface area contributed by atoms with Crippen LogP contribution in [0.15, 0.2) is 59.2 Å². The number of rotatable bonds is 8. The van der Waals surface area contributed by atoms with Crippen molar-refractivity contribution in [3.8, 4) is 28.4 Å². The van der Waals surface area contributed by atoms with E-state index in [-0.39, 0.29) is 12.2 Å². The molecule has 5 rings (SSSR count). The molecule has 0 spiro atoms. The Kier molecular flexibility index (Phi) is 4.80. The molecule has 0 aliphatic carbocycles. The Morgan fingerprint density at radius 2 is 1.68 bits per heavy atom. The molecule has 2 unspecified atom stereocenters. The molecule has 0 amide bonds. The largest absolute Gasteiger partial charge is 0.491 e. The molecule has 0 radical (unpaired) electrons. The number of aromatic nitrogens is 2. The van der Waals surface area contributed by atoms with Gasteiger partial charge in [0, 0.05) is 11.8 Å². The predicted octanol–water partition coefficient (Wildman–Crippen LogP) is 3.86. The van der Waals surface area contributed by atoms with E-state index in [4.69, 9.17) is 24.0 Å². The van der Waals surface area contributed by atoms with Crippen molar-refractivity contribution in [1.82, 2.24) is 9.78 Å². The van der Waals surface area contributed by atoms with Gasteiger partial charge in [-0.25, -0.2) is 4.68 Å². The van der Waals surface area contributed by atoms with E-state index >= 15 is 0 Å². The first-order chi connectivity index (χ1) is 13.7. The van der Waals surface area contributed by atoms with Crippen molar-refractivity contribution in [3.63, 3.8) is 0 Å². The molecule has 3 aromatic rings. The van der Waals surface area contributed by atoms with Crippen LogP contribution >= 0.6 is 15.9 Å². The van der Waals surface area contributed by atoms with Crippen molar-refractivity contribution in [2.24, 2.45) is 0 Å². The Bertz CT molecular complexity index is 965. The summed E-state index contributed by atoms with van der Waals surface area (Å²) in [6.45, 7) is 2.77. The lowest BCUT2D eigenvalue weighted by molar-refractivity contribution is 0.262. The Balaban J connectivity index is 1.27. The van der Waals surface area contributed by atoms with E-state index < -0.39 is 0 Å². The fourth-order valence-electron chi connectivity index (χ4n) is 2.79. The molecule has 6 nitrogen and oxygen atoms in total. The number of nitrogens with zero attached hydrogens (tertiary/aromatic N) is 2. The molecular weight excluding hydrogens is 424 g/mol.